The molecule has 0 aromatic carbocycles. The first-order valence-electron chi connectivity index (χ1n) is 15.0. The molecule has 0 aromatic rings. The molecule has 3 rings (SSSR count). The van der Waals surface area contributed by atoms with Gasteiger partial charge in [-0.1, -0.05) is 54.0 Å². The van der Waals surface area contributed by atoms with Crippen LogP contribution in [0.4, 0.5) is 0 Å². The number of nitrogens with one attached hydrogen (secondary N) is 1. The number of thioether (sulfide) groups is 1. The Bertz CT molecular complexity index is 951. The summed E-state index contributed by atoms with van der Waals surface area (Å²) < 4.78 is 6.01. The van der Waals surface area contributed by atoms with Crippen molar-refractivity contribution in [2.24, 2.45) is 39.9 Å². The molecule has 0 aromatic heterocycles. The van der Waals surface area contributed by atoms with Gasteiger partial charge in [0, 0.05) is 40.4 Å². The molecule has 9 atom stereocenters. The van der Waals surface area contributed by atoms with E-state index in [9.17, 15) is 19.5 Å². The van der Waals surface area contributed by atoms with Gasteiger partial charge in [-0.05, 0) is 63.2 Å². The Labute approximate surface area is 240 Å². The number of esters is 1. The topological polar surface area (TPSA) is 92.7 Å². The van der Waals surface area contributed by atoms with Gasteiger partial charge in [-0.3, -0.25) is 14.4 Å². The summed E-state index contributed by atoms with van der Waals surface area (Å²) in [7, 11) is 0. The van der Waals surface area contributed by atoms with Crippen LogP contribution in [0.5, 0.6) is 0 Å². The van der Waals surface area contributed by atoms with Crippen molar-refractivity contribution in [1.82, 2.24) is 5.32 Å². The fraction of sp³-hybridized carbons (Fsp3) is 0.844. The van der Waals surface area contributed by atoms with Crippen molar-refractivity contribution in [3.05, 3.63) is 12.7 Å². The molecule has 222 valence electrons. The van der Waals surface area contributed by atoms with E-state index in [4.69, 9.17) is 4.74 Å². The maximum atomic E-state index is 13.5. The number of hydrogen-bond acceptors (Lipinski definition) is 6. The number of aliphatic hydroxyl groups excluding tert-OH is 1. The first kappa shape index (κ1) is 32.2. The lowest BCUT2D eigenvalue weighted by molar-refractivity contribution is -0.205. The molecule has 1 amide bonds. The van der Waals surface area contributed by atoms with Crippen molar-refractivity contribution in [2.45, 2.75) is 117 Å². The lowest BCUT2D eigenvalue weighted by Gasteiger charge is -2.61. The van der Waals surface area contributed by atoms with Crippen molar-refractivity contribution in [3.63, 3.8) is 0 Å². The van der Waals surface area contributed by atoms with Gasteiger partial charge in [0.15, 0.2) is 0 Å². The van der Waals surface area contributed by atoms with Gasteiger partial charge in [0.2, 0.25) is 5.91 Å². The molecule has 2 N–H and O–H groups in total. The first-order valence-corrected chi connectivity index (χ1v) is 16.0. The van der Waals surface area contributed by atoms with Crippen LogP contribution < -0.4 is 5.32 Å². The van der Waals surface area contributed by atoms with Crippen LogP contribution in [0.15, 0.2) is 12.7 Å². The van der Waals surface area contributed by atoms with Crippen molar-refractivity contribution in [3.8, 4) is 0 Å². The third-order valence-corrected chi connectivity index (χ3v) is 12.3. The van der Waals surface area contributed by atoms with Gasteiger partial charge in [-0.15, -0.1) is 18.3 Å². The molecule has 2 bridgehead atoms. The Balaban J connectivity index is 1.81. The molecule has 3 saturated carbocycles. The lowest BCUT2D eigenvalue weighted by atomic mass is 9.44. The summed E-state index contributed by atoms with van der Waals surface area (Å²) in [6.45, 7) is 21.1. The molecule has 1 unspecified atom stereocenters. The van der Waals surface area contributed by atoms with E-state index in [0.29, 0.717) is 19.4 Å². The van der Waals surface area contributed by atoms with Crippen LogP contribution in [0.3, 0.4) is 0 Å². The second-order valence-corrected chi connectivity index (χ2v) is 15.7. The molecule has 3 fully saturated rings. The minimum Gasteiger partial charge on any atom is -0.461 e. The summed E-state index contributed by atoms with van der Waals surface area (Å²) in [5, 5.41) is 14.7. The highest BCUT2D eigenvalue weighted by molar-refractivity contribution is 8.01. The molecule has 0 aliphatic heterocycles. The predicted octanol–water partition coefficient (Wildman–Crippen LogP) is 5.96. The smallest absolute Gasteiger partial charge is 0.316 e. The van der Waals surface area contributed by atoms with Crippen molar-refractivity contribution >= 4 is 29.4 Å². The van der Waals surface area contributed by atoms with E-state index < -0.39 is 23.0 Å². The van der Waals surface area contributed by atoms with E-state index in [1.54, 1.807) is 0 Å². The van der Waals surface area contributed by atoms with E-state index in [-0.39, 0.29) is 57.2 Å². The number of carbonyl (C=O) groups excluding carboxylic acids is 3. The van der Waals surface area contributed by atoms with Gasteiger partial charge in [0.05, 0.1) is 11.9 Å². The van der Waals surface area contributed by atoms with Crippen LogP contribution >= 0.6 is 11.8 Å². The number of hydrogen-bond donors (Lipinski definition) is 2. The maximum Gasteiger partial charge on any atom is 0.316 e. The Morgan fingerprint density at radius 1 is 1.28 bits per heavy atom. The third-order valence-electron chi connectivity index (χ3n) is 11.0. The average molecular weight is 564 g/mol. The summed E-state index contributed by atoms with van der Waals surface area (Å²) in [6, 6.07) is 0. The quantitative estimate of drug-likeness (QED) is 0.252. The number of ketones is 1. The van der Waals surface area contributed by atoms with Crippen LogP contribution in [0, 0.1) is 39.9 Å². The highest BCUT2D eigenvalue weighted by atomic mass is 32.2. The van der Waals surface area contributed by atoms with Crippen LogP contribution in [0.25, 0.3) is 0 Å². The maximum absolute atomic E-state index is 13.5. The fourth-order valence-corrected chi connectivity index (χ4v) is 8.79. The number of ether oxygens (including phenoxy) is 1. The molecule has 6 nitrogen and oxygen atoms in total. The second kappa shape index (κ2) is 11.9. The summed E-state index contributed by atoms with van der Waals surface area (Å²) in [5.41, 5.74) is -1.43. The fourth-order valence-electron chi connectivity index (χ4n) is 8.04. The van der Waals surface area contributed by atoms with Crippen LogP contribution in [0.1, 0.15) is 100 Å². The molecule has 3 aliphatic carbocycles. The van der Waals surface area contributed by atoms with E-state index in [0.717, 1.165) is 32.1 Å². The van der Waals surface area contributed by atoms with Gasteiger partial charge in [-0.2, -0.15) is 0 Å². The summed E-state index contributed by atoms with van der Waals surface area (Å²) in [5.74, 6) is 0.0488. The molecule has 39 heavy (non-hydrogen) atoms. The Kier molecular flexibility index (Phi) is 9.80. The van der Waals surface area contributed by atoms with Crippen molar-refractivity contribution < 1.29 is 24.2 Å². The monoisotopic (exact) mass is 563 g/mol. The average Bonchev–Trinajstić information content (AvgIpc) is 3.24. The highest BCUT2D eigenvalue weighted by Gasteiger charge is 2.68. The molecule has 0 heterocycles. The first-order chi connectivity index (χ1) is 18.1. The zero-order chi connectivity index (χ0) is 29.4. The normalized spacial score (nSPS) is 39.2. The van der Waals surface area contributed by atoms with Gasteiger partial charge >= 0.3 is 5.97 Å². The zero-order valence-electron chi connectivity index (χ0n) is 25.6. The third kappa shape index (κ3) is 6.00. The van der Waals surface area contributed by atoms with Gasteiger partial charge in [0.25, 0.3) is 0 Å². The van der Waals surface area contributed by atoms with E-state index in [2.05, 4.69) is 39.6 Å². The van der Waals surface area contributed by atoms with E-state index >= 15 is 0 Å². The molecule has 0 radical (unpaired) electrons. The standard InChI is InChI=1S/C32H53NO5S/c1-10-12-20(3)28(37)33-19-29(6,7)39-18-25(35)38-24-17-30(8,11-2)27(36)22(5)32-15-13-21(4)31(24,9)26(32)23(34)14-16-32/h11,20-22,24,26-27,36H,2,10,12-19H2,1,3-9H3,(H,33,37)/t20?,21-,22+,24-,26+,27+,30-,31+,32+/m1/s1. The number of Topliss-reactive ketones (excluding diaryl/α,β-unsaturated/α-hetero) is 1. The minimum atomic E-state index is -0.672. The number of aliphatic hydroxyl groups is 1. The van der Waals surface area contributed by atoms with Crippen molar-refractivity contribution in [2.75, 3.05) is 12.3 Å². The molecule has 0 spiro atoms. The predicted molar refractivity (Wildman–Crippen MR) is 158 cm³/mol. The summed E-state index contributed by atoms with van der Waals surface area (Å²) in [4.78, 5) is 39.3. The summed E-state index contributed by atoms with van der Waals surface area (Å²) >= 11 is 1.47. The SMILES string of the molecule is C=C[C@]1(C)C[C@@H](OC(=O)CSC(C)(C)CNC(=O)C(C)CCC)[C@]2(C)[C@H](C)CC[C@]3(CCC(=O)[C@H]32)[C@@H](C)[C@@H]1O. The highest BCUT2D eigenvalue weighted by Crippen LogP contribution is 2.68. The summed E-state index contributed by atoms with van der Waals surface area (Å²) in [6.07, 6.45) is 6.09. The number of carbonyl (C=O) groups is 3. The number of amides is 1. The Hall–Kier alpha value is -1.34. The van der Waals surface area contributed by atoms with Gasteiger partial charge in [0.1, 0.15) is 11.9 Å². The molecular weight excluding hydrogens is 510 g/mol. The number of rotatable bonds is 10. The largest absolute Gasteiger partial charge is 0.461 e. The van der Waals surface area contributed by atoms with Crippen LogP contribution in [-0.2, 0) is 19.1 Å². The van der Waals surface area contributed by atoms with E-state index in [1.165, 1.54) is 11.8 Å². The van der Waals surface area contributed by atoms with E-state index in [1.807, 2.05) is 33.8 Å². The molecule has 7 heteroatoms. The van der Waals surface area contributed by atoms with Gasteiger partial charge < -0.3 is 15.2 Å². The Morgan fingerprint density at radius 3 is 2.56 bits per heavy atom. The molecular formula is C32H53NO5S. The van der Waals surface area contributed by atoms with Crippen LogP contribution in [-0.4, -0.2) is 52.0 Å². The second-order valence-electron chi connectivity index (χ2n) is 14.0. The minimum absolute atomic E-state index is 0.0269. The molecule has 0 saturated heterocycles. The zero-order valence-corrected chi connectivity index (χ0v) is 26.4. The van der Waals surface area contributed by atoms with Crippen molar-refractivity contribution in [1.29, 1.82) is 0 Å². The molecule has 3 aliphatic rings. The van der Waals surface area contributed by atoms with Gasteiger partial charge in [-0.25, -0.2) is 0 Å². The lowest BCUT2D eigenvalue weighted by Crippen LogP contribution is -2.63. The Morgan fingerprint density at radius 2 is 1.95 bits per heavy atom. The van der Waals surface area contributed by atoms with Crippen LogP contribution in [0.2, 0.25) is 0 Å².